The monoisotopic (exact) mass is 343 g/mol. The Kier molecular flexibility index (Phi) is 5.10. The molecule has 0 saturated heterocycles. The van der Waals surface area contributed by atoms with Crippen molar-refractivity contribution >= 4 is 35.2 Å². The second-order valence-electron chi connectivity index (χ2n) is 6.01. The van der Waals surface area contributed by atoms with Crippen LogP contribution in [0.1, 0.15) is 36.5 Å². The van der Waals surface area contributed by atoms with Crippen LogP contribution < -0.4 is 15.6 Å². The molecular formula is C17H21N5OS. The van der Waals surface area contributed by atoms with Crippen molar-refractivity contribution in [2.45, 2.75) is 25.2 Å². The van der Waals surface area contributed by atoms with Gasteiger partial charge in [-0.15, -0.1) is 0 Å². The van der Waals surface area contributed by atoms with Gasteiger partial charge in [0.15, 0.2) is 5.11 Å². The summed E-state index contributed by atoms with van der Waals surface area (Å²) in [6.07, 6.45) is 7.09. The molecule has 1 aromatic heterocycles. The number of nitrogens with one attached hydrogen (secondary N) is 2. The van der Waals surface area contributed by atoms with Gasteiger partial charge in [0, 0.05) is 25.7 Å². The number of nitrogens with zero attached hydrogens (tertiary/aromatic N) is 3. The van der Waals surface area contributed by atoms with E-state index in [0.717, 1.165) is 17.0 Å². The Morgan fingerprint density at radius 3 is 2.71 bits per heavy atom. The first-order valence-corrected chi connectivity index (χ1v) is 8.36. The highest BCUT2D eigenvalue weighted by Crippen LogP contribution is 2.37. The number of hydrogen-bond donors (Lipinski definition) is 2. The lowest BCUT2D eigenvalue weighted by molar-refractivity contribution is 0.351. The second-order valence-corrected chi connectivity index (χ2v) is 6.41. The maximum Gasteiger partial charge on any atom is 0.301 e. The number of hydrazone groups is 1. The number of thiocarbonyl (C=S) groups is 1. The summed E-state index contributed by atoms with van der Waals surface area (Å²) in [5.74, 6) is 1.44. The molecule has 0 aliphatic heterocycles. The maximum atomic E-state index is 5.65. The van der Waals surface area contributed by atoms with Gasteiger partial charge >= 0.3 is 6.01 Å². The van der Waals surface area contributed by atoms with Crippen molar-refractivity contribution in [1.29, 1.82) is 0 Å². The predicted octanol–water partition coefficient (Wildman–Crippen LogP) is 3.33. The lowest BCUT2D eigenvalue weighted by Crippen LogP contribution is -2.24. The number of rotatable bonds is 5. The van der Waals surface area contributed by atoms with E-state index in [-0.39, 0.29) is 0 Å². The van der Waals surface area contributed by atoms with Gasteiger partial charge in [-0.05, 0) is 42.8 Å². The zero-order chi connectivity index (χ0) is 16.9. The van der Waals surface area contributed by atoms with Crippen molar-refractivity contribution in [2.75, 3.05) is 24.3 Å². The molecule has 0 atom stereocenters. The Labute approximate surface area is 146 Å². The van der Waals surface area contributed by atoms with Crippen molar-refractivity contribution in [1.82, 2.24) is 10.4 Å². The smallest absolute Gasteiger partial charge is 0.301 e. The molecule has 1 aliphatic rings. The quantitative estimate of drug-likeness (QED) is 0.493. The molecule has 0 radical (unpaired) electrons. The van der Waals surface area contributed by atoms with E-state index >= 15 is 0 Å². The van der Waals surface area contributed by atoms with Crippen LogP contribution in [-0.4, -0.2) is 30.4 Å². The Bertz CT molecular complexity index is 719. The summed E-state index contributed by atoms with van der Waals surface area (Å²) in [6, 6.07) is 8.46. The minimum Gasteiger partial charge on any atom is -0.428 e. The summed E-state index contributed by atoms with van der Waals surface area (Å²) in [5, 5.41) is 7.36. The molecule has 1 fully saturated rings. The summed E-state index contributed by atoms with van der Waals surface area (Å²) in [5.41, 5.74) is 4.89. The first kappa shape index (κ1) is 16.4. The molecule has 2 N–H and O–H groups in total. The molecule has 126 valence electrons. The average Bonchev–Trinajstić information content (AvgIpc) is 2.93. The molecule has 0 unspecified atom stereocenters. The molecule has 7 heteroatoms. The SMILES string of the molecule is CN(C)c1ccc(/C=N/NC(=S)Nc2ncc(C3CCC3)o2)cc1. The van der Waals surface area contributed by atoms with E-state index in [0.29, 0.717) is 17.0 Å². The minimum atomic E-state index is 0.346. The molecule has 1 heterocycles. The third-order valence-corrected chi connectivity index (χ3v) is 4.23. The molecule has 2 aromatic rings. The summed E-state index contributed by atoms with van der Waals surface area (Å²) in [4.78, 5) is 6.24. The fraction of sp³-hybridized carbons (Fsp3) is 0.353. The van der Waals surface area contributed by atoms with Crippen molar-refractivity contribution in [3.63, 3.8) is 0 Å². The number of benzene rings is 1. The van der Waals surface area contributed by atoms with Crippen LogP contribution in [0.4, 0.5) is 11.7 Å². The summed E-state index contributed by atoms with van der Waals surface area (Å²) < 4.78 is 5.65. The number of hydrogen-bond acceptors (Lipinski definition) is 5. The highest BCUT2D eigenvalue weighted by atomic mass is 32.1. The minimum absolute atomic E-state index is 0.346. The lowest BCUT2D eigenvalue weighted by atomic mass is 9.84. The van der Waals surface area contributed by atoms with Crippen molar-refractivity contribution in [3.05, 3.63) is 41.8 Å². The largest absolute Gasteiger partial charge is 0.428 e. The molecule has 0 bridgehead atoms. The van der Waals surface area contributed by atoms with E-state index in [2.05, 4.69) is 20.8 Å². The fourth-order valence-electron chi connectivity index (χ4n) is 2.37. The normalized spacial score (nSPS) is 14.4. The zero-order valence-corrected chi connectivity index (χ0v) is 14.6. The highest BCUT2D eigenvalue weighted by Gasteiger charge is 2.23. The van der Waals surface area contributed by atoms with Gasteiger partial charge in [-0.3, -0.25) is 10.7 Å². The van der Waals surface area contributed by atoms with E-state index in [1.54, 1.807) is 12.4 Å². The van der Waals surface area contributed by atoms with Crippen LogP contribution in [0.5, 0.6) is 0 Å². The van der Waals surface area contributed by atoms with Gasteiger partial charge in [0.2, 0.25) is 0 Å². The van der Waals surface area contributed by atoms with Gasteiger partial charge in [-0.25, -0.2) is 4.98 Å². The van der Waals surface area contributed by atoms with E-state index in [4.69, 9.17) is 16.6 Å². The van der Waals surface area contributed by atoms with E-state index in [1.165, 1.54) is 19.3 Å². The Morgan fingerprint density at radius 2 is 2.08 bits per heavy atom. The van der Waals surface area contributed by atoms with Gasteiger partial charge in [0.05, 0.1) is 12.4 Å². The fourth-order valence-corrected chi connectivity index (χ4v) is 2.51. The first-order valence-electron chi connectivity index (χ1n) is 7.95. The van der Waals surface area contributed by atoms with Gasteiger partial charge in [0.1, 0.15) is 5.76 Å². The molecule has 6 nitrogen and oxygen atoms in total. The van der Waals surface area contributed by atoms with Crippen molar-refractivity contribution in [3.8, 4) is 0 Å². The zero-order valence-electron chi connectivity index (χ0n) is 13.8. The molecular weight excluding hydrogens is 322 g/mol. The molecule has 1 saturated carbocycles. The van der Waals surface area contributed by atoms with Crippen LogP contribution in [0.25, 0.3) is 0 Å². The molecule has 0 spiro atoms. The highest BCUT2D eigenvalue weighted by molar-refractivity contribution is 7.80. The first-order chi connectivity index (χ1) is 11.6. The molecule has 0 amide bonds. The molecule has 1 aliphatic carbocycles. The second kappa shape index (κ2) is 7.44. The van der Waals surface area contributed by atoms with Crippen LogP contribution in [0.2, 0.25) is 0 Å². The third-order valence-electron chi connectivity index (χ3n) is 4.04. The average molecular weight is 343 g/mol. The van der Waals surface area contributed by atoms with Crippen LogP contribution in [0, 0.1) is 0 Å². The van der Waals surface area contributed by atoms with E-state index < -0.39 is 0 Å². The standard InChI is InChI=1S/C17H21N5OS/c1-22(2)14-8-6-12(7-9-14)10-19-21-17(24)20-16-18-11-15(23-16)13-4-3-5-13/h6-11,13H,3-5H2,1-2H3,(H2,18,20,21,24)/b19-10+. The number of oxazole rings is 1. The Balaban J connectivity index is 1.48. The topological polar surface area (TPSA) is 65.7 Å². The van der Waals surface area contributed by atoms with Crippen LogP contribution >= 0.6 is 12.2 Å². The third kappa shape index (κ3) is 4.11. The van der Waals surface area contributed by atoms with Crippen LogP contribution in [0.15, 0.2) is 40.0 Å². The van der Waals surface area contributed by atoms with E-state index in [1.807, 2.05) is 43.3 Å². The predicted molar refractivity (Wildman–Crippen MR) is 101 cm³/mol. The molecule has 24 heavy (non-hydrogen) atoms. The van der Waals surface area contributed by atoms with Gasteiger partial charge < -0.3 is 9.32 Å². The van der Waals surface area contributed by atoms with Crippen LogP contribution in [-0.2, 0) is 0 Å². The van der Waals surface area contributed by atoms with Gasteiger partial charge in [-0.2, -0.15) is 5.10 Å². The van der Waals surface area contributed by atoms with Crippen molar-refractivity contribution in [2.24, 2.45) is 5.10 Å². The summed E-state index contributed by atoms with van der Waals surface area (Å²) >= 11 is 5.18. The molecule has 1 aromatic carbocycles. The van der Waals surface area contributed by atoms with Gasteiger partial charge in [0.25, 0.3) is 0 Å². The number of aromatic nitrogens is 1. The summed E-state index contributed by atoms with van der Waals surface area (Å²) in [6.45, 7) is 0. The molecule has 3 rings (SSSR count). The van der Waals surface area contributed by atoms with Gasteiger partial charge in [-0.1, -0.05) is 18.6 Å². The van der Waals surface area contributed by atoms with Crippen molar-refractivity contribution < 1.29 is 4.42 Å². The lowest BCUT2D eigenvalue weighted by Gasteiger charge is -2.22. The maximum absolute atomic E-state index is 5.65. The number of anilines is 2. The van der Waals surface area contributed by atoms with E-state index in [9.17, 15) is 0 Å². The Hall–Kier alpha value is -2.41. The van der Waals surface area contributed by atoms with Crippen LogP contribution in [0.3, 0.4) is 0 Å². The Morgan fingerprint density at radius 1 is 1.33 bits per heavy atom. The summed E-state index contributed by atoms with van der Waals surface area (Å²) in [7, 11) is 4.02.